The quantitative estimate of drug-likeness (QED) is 0.838. The van der Waals surface area contributed by atoms with Crippen molar-refractivity contribution in [2.75, 3.05) is 14.2 Å². The predicted molar refractivity (Wildman–Crippen MR) is 62.4 cm³/mol. The molecule has 1 aromatic carbocycles. The second kappa shape index (κ2) is 3.89. The molecule has 2 rings (SSSR count). The normalized spacial score (nSPS) is 10.4. The molecule has 1 N–H and O–H groups in total. The molecule has 0 fully saturated rings. The Kier molecular flexibility index (Phi) is 2.56. The molecule has 0 saturated carbocycles. The van der Waals surface area contributed by atoms with Gasteiger partial charge >= 0.3 is 0 Å². The van der Waals surface area contributed by atoms with Crippen LogP contribution in [0.5, 0.6) is 11.5 Å². The van der Waals surface area contributed by atoms with Crippen LogP contribution < -0.4 is 15.0 Å². The molecule has 0 saturated heterocycles. The van der Waals surface area contributed by atoms with E-state index in [0.717, 1.165) is 16.5 Å². The summed E-state index contributed by atoms with van der Waals surface area (Å²) in [6.07, 6.45) is 0. The van der Waals surface area contributed by atoms with Crippen molar-refractivity contribution < 1.29 is 9.47 Å². The highest BCUT2D eigenvalue weighted by molar-refractivity contribution is 5.85. The van der Waals surface area contributed by atoms with Crippen molar-refractivity contribution in [3.63, 3.8) is 0 Å². The van der Waals surface area contributed by atoms with Crippen molar-refractivity contribution in [2.45, 2.75) is 6.92 Å². The van der Waals surface area contributed by atoms with Gasteiger partial charge in [0.2, 0.25) is 5.56 Å². The minimum absolute atomic E-state index is 0.114. The van der Waals surface area contributed by atoms with E-state index in [1.807, 2.05) is 13.0 Å². The monoisotopic (exact) mass is 219 g/mol. The average Bonchev–Trinajstić information content (AvgIpc) is 2.27. The van der Waals surface area contributed by atoms with Gasteiger partial charge in [-0.3, -0.25) is 4.79 Å². The van der Waals surface area contributed by atoms with Gasteiger partial charge in [-0.05, 0) is 18.6 Å². The number of fused-ring (bicyclic) bond motifs is 1. The summed E-state index contributed by atoms with van der Waals surface area (Å²) < 4.78 is 10.4. The Morgan fingerprint density at radius 1 is 1.06 bits per heavy atom. The number of pyridine rings is 1. The molecule has 0 amide bonds. The van der Waals surface area contributed by atoms with Crippen LogP contribution in [0.3, 0.4) is 0 Å². The molecule has 84 valence electrons. The van der Waals surface area contributed by atoms with Gasteiger partial charge < -0.3 is 14.5 Å². The molecule has 4 heteroatoms. The zero-order valence-electron chi connectivity index (χ0n) is 9.46. The number of aromatic nitrogens is 1. The fraction of sp³-hybridized carbons (Fsp3) is 0.250. The van der Waals surface area contributed by atoms with Gasteiger partial charge in [0.15, 0.2) is 11.5 Å². The van der Waals surface area contributed by atoms with Crippen molar-refractivity contribution >= 4 is 10.9 Å². The second-order valence-electron chi connectivity index (χ2n) is 3.57. The van der Waals surface area contributed by atoms with E-state index in [9.17, 15) is 4.79 Å². The maximum Gasteiger partial charge on any atom is 0.248 e. The SMILES string of the molecule is COc1cc2[nH]c(=O)cc(C)c2cc1OC. The number of rotatable bonds is 2. The third-order valence-electron chi connectivity index (χ3n) is 2.55. The number of methoxy groups -OCH3 is 2. The first kappa shape index (κ1) is 10.5. The Morgan fingerprint density at radius 2 is 1.69 bits per heavy atom. The highest BCUT2D eigenvalue weighted by Gasteiger charge is 2.08. The van der Waals surface area contributed by atoms with Gasteiger partial charge in [-0.15, -0.1) is 0 Å². The standard InChI is InChI=1S/C12H13NO3/c1-7-4-12(14)13-9-6-11(16-3)10(15-2)5-8(7)9/h4-6H,1-3H3,(H,13,14). The Balaban J connectivity index is 2.83. The smallest absolute Gasteiger partial charge is 0.248 e. The number of ether oxygens (including phenoxy) is 2. The Morgan fingerprint density at radius 3 is 2.31 bits per heavy atom. The van der Waals surface area contributed by atoms with Crippen LogP contribution in [0.15, 0.2) is 23.0 Å². The number of aromatic amines is 1. The highest BCUT2D eigenvalue weighted by atomic mass is 16.5. The Bertz CT molecular complexity index is 587. The summed E-state index contributed by atoms with van der Waals surface area (Å²) >= 11 is 0. The van der Waals surface area contributed by atoms with Gasteiger partial charge in [-0.2, -0.15) is 0 Å². The summed E-state index contributed by atoms with van der Waals surface area (Å²) in [7, 11) is 3.16. The van der Waals surface area contributed by atoms with Gasteiger partial charge in [-0.25, -0.2) is 0 Å². The first-order valence-electron chi connectivity index (χ1n) is 4.91. The van der Waals surface area contributed by atoms with Gasteiger partial charge in [0.25, 0.3) is 0 Å². The van der Waals surface area contributed by atoms with Crippen LogP contribution in [-0.4, -0.2) is 19.2 Å². The summed E-state index contributed by atoms with van der Waals surface area (Å²) in [4.78, 5) is 14.1. The van der Waals surface area contributed by atoms with Gasteiger partial charge in [0.05, 0.1) is 19.7 Å². The Labute approximate surface area is 92.8 Å². The zero-order valence-corrected chi connectivity index (χ0v) is 9.46. The van der Waals surface area contributed by atoms with E-state index in [0.29, 0.717) is 11.5 Å². The lowest BCUT2D eigenvalue weighted by Gasteiger charge is -2.10. The molecule has 0 aliphatic rings. The number of nitrogens with one attached hydrogen (secondary N) is 1. The Hall–Kier alpha value is -1.97. The maximum absolute atomic E-state index is 11.3. The molecule has 0 atom stereocenters. The van der Waals surface area contributed by atoms with E-state index >= 15 is 0 Å². The molecule has 2 aromatic rings. The number of hydrogen-bond donors (Lipinski definition) is 1. The van der Waals surface area contributed by atoms with Crippen molar-refractivity contribution in [1.29, 1.82) is 0 Å². The predicted octanol–water partition coefficient (Wildman–Crippen LogP) is 1.85. The fourth-order valence-electron chi connectivity index (χ4n) is 1.75. The van der Waals surface area contributed by atoms with Crippen LogP contribution in [0.25, 0.3) is 10.9 Å². The van der Waals surface area contributed by atoms with Crippen LogP contribution >= 0.6 is 0 Å². The van der Waals surface area contributed by atoms with Gasteiger partial charge in [0.1, 0.15) is 0 Å². The zero-order chi connectivity index (χ0) is 11.7. The largest absolute Gasteiger partial charge is 0.493 e. The summed E-state index contributed by atoms with van der Waals surface area (Å²) in [5.41, 5.74) is 1.56. The van der Waals surface area contributed by atoms with Crippen molar-refractivity contribution in [1.82, 2.24) is 4.98 Å². The van der Waals surface area contributed by atoms with Crippen molar-refractivity contribution in [2.24, 2.45) is 0 Å². The van der Waals surface area contributed by atoms with E-state index in [2.05, 4.69) is 4.98 Å². The second-order valence-corrected chi connectivity index (χ2v) is 3.57. The van der Waals surface area contributed by atoms with Crippen LogP contribution in [-0.2, 0) is 0 Å². The lowest BCUT2D eigenvalue weighted by Crippen LogP contribution is -2.05. The first-order chi connectivity index (χ1) is 7.65. The minimum Gasteiger partial charge on any atom is -0.493 e. The molecule has 0 aliphatic heterocycles. The summed E-state index contributed by atoms with van der Waals surface area (Å²) in [5, 5.41) is 0.956. The number of H-pyrrole nitrogens is 1. The maximum atomic E-state index is 11.3. The molecular formula is C12H13NO3. The minimum atomic E-state index is -0.114. The molecular weight excluding hydrogens is 206 g/mol. The highest BCUT2D eigenvalue weighted by Crippen LogP contribution is 2.31. The molecule has 0 spiro atoms. The van der Waals surface area contributed by atoms with Crippen molar-refractivity contribution in [3.05, 3.63) is 34.1 Å². The van der Waals surface area contributed by atoms with E-state index in [4.69, 9.17) is 9.47 Å². The summed E-state index contributed by atoms with van der Waals surface area (Å²) in [6.45, 7) is 1.89. The molecule has 0 radical (unpaired) electrons. The molecule has 0 unspecified atom stereocenters. The topological polar surface area (TPSA) is 51.3 Å². The average molecular weight is 219 g/mol. The lowest BCUT2D eigenvalue weighted by atomic mass is 10.1. The molecule has 0 aliphatic carbocycles. The van der Waals surface area contributed by atoms with Gasteiger partial charge in [-0.1, -0.05) is 0 Å². The fourth-order valence-corrected chi connectivity index (χ4v) is 1.75. The van der Waals surface area contributed by atoms with E-state index in [1.54, 1.807) is 26.4 Å². The van der Waals surface area contributed by atoms with E-state index in [1.165, 1.54) is 0 Å². The molecule has 1 heterocycles. The first-order valence-corrected chi connectivity index (χ1v) is 4.91. The molecule has 4 nitrogen and oxygen atoms in total. The summed E-state index contributed by atoms with van der Waals surface area (Å²) in [5.74, 6) is 1.27. The van der Waals surface area contributed by atoms with Crippen LogP contribution in [0.1, 0.15) is 5.56 Å². The molecule has 0 bridgehead atoms. The van der Waals surface area contributed by atoms with E-state index in [-0.39, 0.29) is 5.56 Å². The third-order valence-corrected chi connectivity index (χ3v) is 2.55. The summed E-state index contributed by atoms with van der Waals surface area (Å²) in [6, 6.07) is 5.19. The lowest BCUT2D eigenvalue weighted by molar-refractivity contribution is 0.356. The van der Waals surface area contributed by atoms with Crippen LogP contribution in [0.2, 0.25) is 0 Å². The van der Waals surface area contributed by atoms with Crippen molar-refractivity contribution in [3.8, 4) is 11.5 Å². The van der Waals surface area contributed by atoms with E-state index < -0.39 is 0 Å². The third kappa shape index (κ3) is 1.62. The van der Waals surface area contributed by atoms with Crippen LogP contribution in [0, 0.1) is 6.92 Å². The number of aryl methyl sites for hydroxylation is 1. The molecule has 16 heavy (non-hydrogen) atoms. The molecule has 1 aromatic heterocycles. The number of benzene rings is 1. The van der Waals surface area contributed by atoms with Gasteiger partial charge in [0, 0.05) is 17.5 Å². The number of hydrogen-bond acceptors (Lipinski definition) is 3. The van der Waals surface area contributed by atoms with Crippen LogP contribution in [0.4, 0.5) is 0 Å².